The van der Waals surface area contributed by atoms with E-state index in [1.54, 1.807) is 0 Å². The predicted molar refractivity (Wildman–Crippen MR) is 79.5 cm³/mol. The molecule has 1 amide bonds. The molecule has 1 aliphatic rings. The molecule has 0 aliphatic heterocycles. The molecule has 1 unspecified atom stereocenters. The molecule has 1 aromatic carbocycles. The number of H-pyrrole nitrogens is 1. The smallest absolute Gasteiger partial charge is 0.231 e. The van der Waals surface area contributed by atoms with Gasteiger partial charge in [-0.15, -0.1) is 0 Å². The number of aromatic nitrogens is 3. The first-order valence-corrected chi connectivity index (χ1v) is 7.44. The average Bonchev–Trinajstić information content (AvgIpc) is 3.20. The van der Waals surface area contributed by atoms with Crippen LogP contribution in [0.25, 0.3) is 0 Å². The molecule has 5 heteroatoms. The summed E-state index contributed by atoms with van der Waals surface area (Å²) in [4.78, 5) is 17.0. The number of aromatic amines is 1. The first kappa shape index (κ1) is 13.8. The van der Waals surface area contributed by atoms with Crippen molar-refractivity contribution in [2.45, 2.75) is 44.1 Å². The van der Waals surface area contributed by atoms with Crippen molar-refractivity contribution in [2.75, 3.05) is 0 Å². The zero-order chi connectivity index (χ0) is 14.7. The number of amides is 1. The number of nitrogens with one attached hydrogen (secondary N) is 2. The number of carbonyl (C=O) groups excluding carboxylic acids is 1. The maximum Gasteiger partial charge on any atom is 0.231 e. The van der Waals surface area contributed by atoms with Gasteiger partial charge in [0.2, 0.25) is 5.91 Å². The second-order valence-corrected chi connectivity index (χ2v) is 5.72. The highest BCUT2D eigenvalue weighted by Gasteiger charge is 2.43. The number of rotatable bonds is 4. The molecular formula is C16H20N4O. The average molecular weight is 284 g/mol. The summed E-state index contributed by atoms with van der Waals surface area (Å²) in [6.45, 7) is 1.92. The van der Waals surface area contributed by atoms with Crippen molar-refractivity contribution in [1.29, 1.82) is 0 Å². The highest BCUT2D eigenvalue weighted by atomic mass is 16.2. The van der Waals surface area contributed by atoms with E-state index in [0.29, 0.717) is 5.82 Å². The van der Waals surface area contributed by atoms with E-state index in [1.165, 1.54) is 6.33 Å². The summed E-state index contributed by atoms with van der Waals surface area (Å²) >= 11 is 0. The summed E-state index contributed by atoms with van der Waals surface area (Å²) in [6, 6.07) is 9.95. The molecule has 1 aliphatic carbocycles. The van der Waals surface area contributed by atoms with E-state index >= 15 is 0 Å². The van der Waals surface area contributed by atoms with Gasteiger partial charge >= 0.3 is 0 Å². The Hall–Kier alpha value is -2.17. The molecule has 2 aromatic rings. The lowest BCUT2D eigenvalue weighted by Gasteiger charge is -2.29. The third-order valence-corrected chi connectivity index (χ3v) is 4.41. The fourth-order valence-electron chi connectivity index (χ4n) is 3.21. The number of carbonyl (C=O) groups is 1. The fraction of sp³-hybridized carbons (Fsp3) is 0.438. The monoisotopic (exact) mass is 284 g/mol. The molecule has 0 bridgehead atoms. The molecule has 1 saturated carbocycles. The Bertz CT molecular complexity index is 588. The Morgan fingerprint density at radius 2 is 2.00 bits per heavy atom. The summed E-state index contributed by atoms with van der Waals surface area (Å²) in [5.74, 6) is 0.777. The van der Waals surface area contributed by atoms with Gasteiger partial charge in [0.05, 0.1) is 11.5 Å². The molecule has 1 atom stereocenters. The van der Waals surface area contributed by atoms with Crippen LogP contribution in [-0.4, -0.2) is 21.1 Å². The predicted octanol–water partition coefficient (Wildman–Crippen LogP) is 2.49. The van der Waals surface area contributed by atoms with Crippen LogP contribution in [0.15, 0.2) is 36.7 Å². The van der Waals surface area contributed by atoms with E-state index in [-0.39, 0.29) is 11.9 Å². The first-order valence-electron chi connectivity index (χ1n) is 7.44. The van der Waals surface area contributed by atoms with Crippen LogP contribution in [0.4, 0.5) is 0 Å². The van der Waals surface area contributed by atoms with Gasteiger partial charge in [0.1, 0.15) is 12.2 Å². The third-order valence-electron chi connectivity index (χ3n) is 4.41. The summed E-state index contributed by atoms with van der Waals surface area (Å²) in [5, 5.41) is 9.74. The first-order chi connectivity index (χ1) is 10.2. The minimum atomic E-state index is -0.393. The van der Waals surface area contributed by atoms with E-state index in [0.717, 1.165) is 31.2 Å². The molecular weight excluding hydrogens is 264 g/mol. The maximum atomic E-state index is 12.9. The van der Waals surface area contributed by atoms with Crippen LogP contribution >= 0.6 is 0 Å². The minimum Gasteiger partial charge on any atom is -0.346 e. The number of benzene rings is 1. The van der Waals surface area contributed by atoms with E-state index < -0.39 is 5.41 Å². The Balaban J connectivity index is 1.83. The van der Waals surface area contributed by atoms with Crippen LogP contribution in [0.5, 0.6) is 0 Å². The molecule has 0 spiro atoms. The Labute approximate surface area is 124 Å². The highest BCUT2D eigenvalue weighted by Crippen LogP contribution is 2.41. The highest BCUT2D eigenvalue weighted by molar-refractivity contribution is 5.88. The molecule has 1 aromatic heterocycles. The largest absolute Gasteiger partial charge is 0.346 e. The van der Waals surface area contributed by atoms with Gasteiger partial charge in [0, 0.05) is 0 Å². The quantitative estimate of drug-likeness (QED) is 0.906. The topological polar surface area (TPSA) is 70.7 Å². The third kappa shape index (κ3) is 2.55. The van der Waals surface area contributed by atoms with Crippen LogP contribution in [0.2, 0.25) is 0 Å². The number of hydrogen-bond donors (Lipinski definition) is 2. The van der Waals surface area contributed by atoms with Crippen LogP contribution in [0.3, 0.4) is 0 Å². The van der Waals surface area contributed by atoms with Crippen LogP contribution in [0.1, 0.15) is 50.0 Å². The van der Waals surface area contributed by atoms with Crippen molar-refractivity contribution < 1.29 is 4.79 Å². The summed E-state index contributed by atoms with van der Waals surface area (Å²) in [6.07, 6.45) is 5.47. The zero-order valence-electron chi connectivity index (χ0n) is 12.2. The van der Waals surface area contributed by atoms with Crippen molar-refractivity contribution >= 4 is 5.91 Å². The second kappa shape index (κ2) is 5.68. The Morgan fingerprint density at radius 1 is 1.29 bits per heavy atom. The van der Waals surface area contributed by atoms with Crippen molar-refractivity contribution in [2.24, 2.45) is 0 Å². The lowest BCUT2D eigenvalue weighted by molar-refractivity contribution is -0.127. The fourth-order valence-corrected chi connectivity index (χ4v) is 3.21. The minimum absolute atomic E-state index is 0.0927. The maximum absolute atomic E-state index is 12.9. The molecule has 21 heavy (non-hydrogen) atoms. The summed E-state index contributed by atoms with van der Waals surface area (Å²) in [5.41, 5.74) is 0.722. The van der Waals surface area contributed by atoms with Gasteiger partial charge in [-0.3, -0.25) is 9.89 Å². The summed E-state index contributed by atoms with van der Waals surface area (Å²) in [7, 11) is 0. The van der Waals surface area contributed by atoms with E-state index in [4.69, 9.17) is 0 Å². The molecule has 5 nitrogen and oxygen atoms in total. The van der Waals surface area contributed by atoms with Crippen LogP contribution < -0.4 is 5.32 Å². The van der Waals surface area contributed by atoms with Crippen LogP contribution in [-0.2, 0) is 10.2 Å². The van der Waals surface area contributed by atoms with Crippen molar-refractivity contribution in [3.05, 3.63) is 48.0 Å². The molecule has 2 N–H and O–H groups in total. The SMILES string of the molecule is CC(NC(=O)C1(c2ccccc2)CCCC1)c1ncn[nH]1. The van der Waals surface area contributed by atoms with Crippen molar-refractivity contribution in [1.82, 2.24) is 20.5 Å². The molecule has 3 rings (SSSR count). The van der Waals surface area contributed by atoms with Gasteiger partial charge in [0.25, 0.3) is 0 Å². The standard InChI is InChI=1S/C16H20N4O/c1-12(14-17-11-18-20-14)19-15(21)16(9-5-6-10-16)13-7-3-2-4-8-13/h2-4,7-8,11-12H,5-6,9-10H2,1H3,(H,19,21)(H,17,18,20). The van der Waals surface area contributed by atoms with Gasteiger partial charge < -0.3 is 5.32 Å². The van der Waals surface area contributed by atoms with E-state index in [2.05, 4.69) is 32.6 Å². The molecule has 110 valence electrons. The lowest BCUT2D eigenvalue weighted by atomic mass is 9.78. The van der Waals surface area contributed by atoms with Gasteiger partial charge in [-0.1, -0.05) is 43.2 Å². The summed E-state index contributed by atoms with van der Waals surface area (Å²) < 4.78 is 0. The van der Waals surface area contributed by atoms with Gasteiger partial charge in [-0.05, 0) is 25.3 Å². The molecule has 1 heterocycles. The van der Waals surface area contributed by atoms with E-state index in [1.807, 2.05) is 25.1 Å². The Morgan fingerprint density at radius 3 is 2.62 bits per heavy atom. The van der Waals surface area contributed by atoms with Gasteiger partial charge in [0.15, 0.2) is 0 Å². The second-order valence-electron chi connectivity index (χ2n) is 5.72. The van der Waals surface area contributed by atoms with Crippen LogP contribution in [0, 0.1) is 0 Å². The Kier molecular flexibility index (Phi) is 3.73. The number of nitrogens with zero attached hydrogens (tertiary/aromatic N) is 2. The molecule has 1 fully saturated rings. The zero-order valence-corrected chi connectivity index (χ0v) is 12.2. The van der Waals surface area contributed by atoms with Crippen molar-refractivity contribution in [3.63, 3.8) is 0 Å². The normalized spacial score (nSPS) is 18.3. The van der Waals surface area contributed by atoms with Gasteiger partial charge in [-0.25, -0.2) is 4.98 Å². The van der Waals surface area contributed by atoms with E-state index in [9.17, 15) is 4.79 Å². The lowest BCUT2D eigenvalue weighted by Crippen LogP contribution is -2.43. The molecule has 0 radical (unpaired) electrons. The molecule has 0 saturated heterocycles. The van der Waals surface area contributed by atoms with Crippen molar-refractivity contribution in [3.8, 4) is 0 Å². The number of hydrogen-bond acceptors (Lipinski definition) is 3. The van der Waals surface area contributed by atoms with Gasteiger partial charge in [-0.2, -0.15) is 5.10 Å².